The van der Waals surface area contributed by atoms with Gasteiger partial charge in [0.2, 0.25) is 0 Å². The van der Waals surface area contributed by atoms with Gasteiger partial charge >= 0.3 is 0 Å². The highest BCUT2D eigenvalue weighted by Crippen LogP contribution is 2.26. The Bertz CT molecular complexity index is 338. The number of nitrogens with one attached hydrogen (secondary N) is 1. The van der Waals surface area contributed by atoms with Crippen LogP contribution >= 0.6 is 11.8 Å². The van der Waals surface area contributed by atoms with Crippen molar-refractivity contribution in [3.63, 3.8) is 0 Å². The first-order valence-corrected chi connectivity index (χ1v) is 9.69. The lowest BCUT2D eigenvalue weighted by Crippen LogP contribution is -2.39. The molecule has 0 heterocycles. The first-order chi connectivity index (χ1) is 8.26. The summed E-state index contributed by atoms with van der Waals surface area (Å²) < 4.78 is 23.3. The van der Waals surface area contributed by atoms with Crippen LogP contribution in [0.25, 0.3) is 0 Å². The average molecular weight is 293 g/mol. The predicted molar refractivity (Wildman–Crippen MR) is 81.1 cm³/mol. The molecule has 1 aliphatic rings. The first kappa shape index (κ1) is 16.3. The molecular weight excluding hydrogens is 266 g/mol. The molecule has 0 aliphatic heterocycles. The zero-order valence-electron chi connectivity index (χ0n) is 12.0. The van der Waals surface area contributed by atoms with E-state index in [0.29, 0.717) is 12.6 Å². The number of hydrogen-bond acceptors (Lipinski definition) is 4. The predicted octanol–water partition coefficient (Wildman–Crippen LogP) is 2.46. The maximum absolute atomic E-state index is 11.9. The highest BCUT2D eigenvalue weighted by atomic mass is 32.2. The van der Waals surface area contributed by atoms with Crippen molar-refractivity contribution in [2.24, 2.45) is 0 Å². The summed E-state index contributed by atoms with van der Waals surface area (Å²) in [4.78, 5) is 0. The van der Waals surface area contributed by atoms with E-state index in [9.17, 15) is 8.42 Å². The zero-order chi connectivity index (χ0) is 13.8. The summed E-state index contributed by atoms with van der Waals surface area (Å²) in [5.74, 6) is 0.249. The van der Waals surface area contributed by atoms with E-state index in [2.05, 4.69) is 11.6 Å². The summed E-state index contributed by atoms with van der Waals surface area (Å²) >= 11 is 1.96. The van der Waals surface area contributed by atoms with Gasteiger partial charge < -0.3 is 5.32 Å². The Labute approximate surface area is 116 Å². The van der Waals surface area contributed by atoms with E-state index >= 15 is 0 Å². The lowest BCUT2D eigenvalue weighted by atomic mass is 9.95. The minimum absolute atomic E-state index is 0.249. The van der Waals surface area contributed by atoms with Crippen molar-refractivity contribution >= 4 is 21.6 Å². The maximum atomic E-state index is 11.9. The lowest BCUT2D eigenvalue weighted by molar-refractivity contribution is 0.386. The molecule has 0 bridgehead atoms. The molecule has 0 atom stereocenters. The Morgan fingerprint density at radius 2 is 1.72 bits per heavy atom. The lowest BCUT2D eigenvalue weighted by Gasteiger charge is -2.28. The summed E-state index contributed by atoms with van der Waals surface area (Å²) in [7, 11) is -2.98. The van der Waals surface area contributed by atoms with Gasteiger partial charge in [0.05, 0.1) is 10.5 Å². The van der Waals surface area contributed by atoms with Gasteiger partial charge in [0.15, 0.2) is 9.84 Å². The van der Waals surface area contributed by atoms with Gasteiger partial charge in [-0.25, -0.2) is 8.42 Å². The summed E-state index contributed by atoms with van der Waals surface area (Å²) in [5, 5.41) is 4.21. The zero-order valence-corrected chi connectivity index (χ0v) is 13.7. The fourth-order valence-corrected chi connectivity index (χ4v) is 3.95. The molecule has 1 rings (SSSR count). The van der Waals surface area contributed by atoms with Gasteiger partial charge in [-0.1, -0.05) is 0 Å². The van der Waals surface area contributed by atoms with Gasteiger partial charge in [0.1, 0.15) is 0 Å². The van der Waals surface area contributed by atoms with E-state index in [-0.39, 0.29) is 5.75 Å². The van der Waals surface area contributed by atoms with Crippen molar-refractivity contribution in [3.8, 4) is 0 Å². The van der Waals surface area contributed by atoms with Crippen LogP contribution in [0.5, 0.6) is 0 Å². The molecule has 0 aromatic carbocycles. The number of sulfone groups is 1. The van der Waals surface area contributed by atoms with Gasteiger partial charge in [-0.05, 0) is 52.7 Å². The molecule has 108 valence electrons. The highest BCUT2D eigenvalue weighted by Gasteiger charge is 2.28. The third-order valence-electron chi connectivity index (χ3n) is 3.74. The van der Waals surface area contributed by atoms with E-state index < -0.39 is 14.6 Å². The van der Waals surface area contributed by atoms with E-state index in [0.717, 1.165) is 5.25 Å². The second-order valence-electron chi connectivity index (χ2n) is 6.09. The number of rotatable bonds is 5. The van der Waals surface area contributed by atoms with Crippen molar-refractivity contribution in [2.75, 3.05) is 18.6 Å². The number of hydrogen-bond donors (Lipinski definition) is 1. The topological polar surface area (TPSA) is 46.2 Å². The van der Waals surface area contributed by atoms with Crippen LogP contribution in [-0.2, 0) is 9.84 Å². The summed E-state index contributed by atoms with van der Waals surface area (Å²) in [6, 6.07) is 0.517. The molecule has 0 unspecified atom stereocenters. The van der Waals surface area contributed by atoms with Crippen molar-refractivity contribution in [1.82, 2.24) is 5.32 Å². The Morgan fingerprint density at radius 3 is 2.17 bits per heavy atom. The highest BCUT2D eigenvalue weighted by molar-refractivity contribution is 7.99. The molecule has 1 N–H and O–H groups in total. The molecule has 3 nitrogen and oxygen atoms in total. The van der Waals surface area contributed by atoms with Crippen LogP contribution in [0, 0.1) is 0 Å². The molecule has 0 spiro atoms. The molecular formula is C13H27NO2S2. The molecule has 0 radical (unpaired) electrons. The van der Waals surface area contributed by atoms with Gasteiger partial charge in [-0.2, -0.15) is 11.8 Å². The first-order valence-electron chi connectivity index (χ1n) is 6.75. The molecule has 5 heteroatoms. The monoisotopic (exact) mass is 293 g/mol. The summed E-state index contributed by atoms with van der Waals surface area (Å²) in [6.45, 7) is 5.90. The smallest absolute Gasteiger partial charge is 0.156 e. The molecule has 1 aliphatic carbocycles. The third-order valence-corrected chi connectivity index (χ3v) is 7.49. The van der Waals surface area contributed by atoms with Crippen molar-refractivity contribution in [2.45, 2.75) is 62.5 Å². The van der Waals surface area contributed by atoms with Gasteiger partial charge in [0.25, 0.3) is 0 Å². The molecule has 1 saturated carbocycles. The molecule has 1 fully saturated rings. The third kappa shape index (κ3) is 4.74. The van der Waals surface area contributed by atoms with Crippen LogP contribution in [0.1, 0.15) is 46.5 Å². The Morgan fingerprint density at radius 1 is 1.17 bits per heavy atom. The standard InChI is InChI=1S/C13H27NO2S2/c1-13(2,3)18(15,16)10-9-14-11-5-7-12(17-4)8-6-11/h11-12,14H,5-10H2,1-4H3. The van der Waals surface area contributed by atoms with E-state index in [1.165, 1.54) is 25.7 Å². The SMILES string of the molecule is CSC1CCC(NCCS(=O)(=O)C(C)(C)C)CC1. The van der Waals surface area contributed by atoms with E-state index in [1.54, 1.807) is 20.8 Å². The quantitative estimate of drug-likeness (QED) is 0.846. The van der Waals surface area contributed by atoms with Gasteiger partial charge in [-0.15, -0.1) is 0 Å². The van der Waals surface area contributed by atoms with Crippen LogP contribution in [0.2, 0.25) is 0 Å². The van der Waals surface area contributed by atoms with E-state index in [1.807, 2.05) is 11.8 Å². The van der Waals surface area contributed by atoms with Crippen molar-refractivity contribution in [3.05, 3.63) is 0 Å². The normalized spacial score (nSPS) is 26.2. The van der Waals surface area contributed by atoms with Gasteiger partial charge in [0, 0.05) is 17.8 Å². The van der Waals surface area contributed by atoms with Crippen LogP contribution in [0.3, 0.4) is 0 Å². The van der Waals surface area contributed by atoms with Crippen LogP contribution in [0.15, 0.2) is 0 Å². The second-order valence-corrected chi connectivity index (χ2v) is 10.1. The van der Waals surface area contributed by atoms with Crippen molar-refractivity contribution < 1.29 is 8.42 Å². The Hall–Kier alpha value is 0.260. The van der Waals surface area contributed by atoms with E-state index in [4.69, 9.17) is 0 Å². The fraction of sp³-hybridized carbons (Fsp3) is 1.00. The summed E-state index contributed by atoms with van der Waals surface area (Å²) in [6.07, 6.45) is 7.05. The van der Waals surface area contributed by atoms with Crippen LogP contribution in [0.4, 0.5) is 0 Å². The molecule has 0 amide bonds. The van der Waals surface area contributed by atoms with Crippen LogP contribution < -0.4 is 5.32 Å². The molecule has 0 aromatic heterocycles. The molecule has 0 saturated heterocycles. The minimum Gasteiger partial charge on any atom is -0.313 e. The number of thioether (sulfide) groups is 1. The average Bonchev–Trinajstić information content (AvgIpc) is 2.28. The largest absolute Gasteiger partial charge is 0.313 e. The van der Waals surface area contributed by atoms with Gasteiger partial charge in [-0.3, -0.25) is 0 Å². The molecule has 0 aromatic rings. The summed E-state index contributed by atoms with van der Waals surface area (Å²) in [5.41, 5.74) is 0. The maximum Gasteiger partial charge on any atom is 0.156 e. The van der Waals surface area contributed by atoms with Crippen LogP contribution in [-0.4, -0.2) is 43.0 Å². The Balaban J connectivity index is 2.27. The second kappa shape index (κ2) is 6.62. The Kier molecular flexibility index (Phi) is 6.00. The van der Waals surface area contributed by atoms with Crippen molar-refractivity contribution in [1.29, 1.82) is 0 Å². The fourth-order valence-electron chi connectivity index (χ4n) is 2.21. The molecule has 18 heavy (non-hydrogen) atoms. The minimum atomic E-state index is -2.98.